The molecular weight excluding hydrogens is 709 g/mol. The normalized spacial score (nSPS) is 13.5. The van der Waals surface area contributed by atoms with Crippen LogP contribution < -0.4 is 5.73 Å². The van der Waals surface area contributed by atoms with Gasteiger partial charge in [0.1, 0.15) is 6.10 Å². The van der Waals surface area contributed by atoms with Crippen molar-refractivity contribution < 1.29 is 32.8 Å². The van der Waals surface area contributed by atoms with Crippen LogP contribution in [0.4, 0.5) is 0 Å². The summed E-state index contributed by atoms with van der Waals surface area (Å²) < 4.78 is 33.5. The lowest BCUT2D eigenvalue weighted by Crippen LogP contribution is -2.28. The molecule has 0 aliphatic carbocycles. The first-order valence-corrected chi connectivity index (χ1v) is 25.2. The van der Waals surface area contributed by atoms with Crippen LogP contribution in [0, 0.1) is 0 Å². The van der Waals surface area contributed by atoms with E-state index in [-0.39, 0.29) is 32.3 Å². The molecule has 0 aromatic rings. The fourth-order valence-electron chi connectivity index (χ4n) is 6.93. The molecule has 0 saturated heterocycles. The second-order valence-electron chi connectivity index (χ2n) is 16.0. The van der Waals surface area contributed by atoms with E-state index in [1.807, 2.05) is 0 Å². The van der Waals surface area contributed by atoms with E-state index in [4.69, 9.17) is 24.3 Å². The highest BCUT2D eigenvalue weighted by Crippen LogP contribution is 2.43. The largest absolute Gasteiger partial charge is 0.472 e. The number of nitrogens with two attached hydrogens (primary N) is 1. The Kier molecular flexibility index (Phi) is 43.7. The lowest BCUT2D eigenvalue weighted by Gasteiger charge is -2.20. The van der Waals surface area contributed by atoms with Crippen molar-refractivity contribution in [3.63, 3.8) is 0 Å². The van der Waals surface area contributed by atoms with E-state index in [1.165, 1.54) is 186 Å². The summed E-state index contributed by atoms with van der Waals surface area (Å²) in [5.41, 5.74) is 5.38. The van der Waals surface area contributed by atoms with E-state index in [1.54, 1.807) is 0 Å². The summed E-state index contributed by atoms with van der Waals surface area (Å²) in [4.78, 5) is 22.5. The third-order valence-electron chi connectivity index (χ3n) is 10.4. The van der Waals surface area contributed by atoms with Gasteiger partial charge in [0, 0.05) is 19.6 Å². The summed E-state index contributed by atoms with van der Waals surface area (Å²) in [5, 5.41) is 0. The summed E-state index contributed by atoms with van der Waals surface area (Å²) in [7, 11) is -4.27. The molecule has 0 aromatic carbocycles. The molecule has 0 bridgehead atoms. The molecule has 0 radical (unpaired) electrons. The first-order valence-electron chi connectivity index (χ1n) is 23.7. The molecule has 0 aromatic heterocycles. The summed E-state index contributed by atoms with van der Waals surface area (Å²) in [6.07, 6.45) is 48.0. The van der Waals surface area contributed by atoms with Crippen molar-refractivity contribution in [3.05, 3.63) is 12.2 Å². The molecule has 8 nitrogen and oxygen atoms in total. The Hall–Kier alpha value is -0.760. The highest BCUT2D eigenvalue weighted by Gasteiger charge is 2.25. The molecule has 0 saturated carbocycles. The van der Waals surface area contributed by atoms with Gasteiger partial charge in [0.2, 0.25) is 0 Å². The average molecular weight is 802 g/mol. The van der Waals surface area contributed by atoms with Gasteiger partial charge in [-0.1, -0.05) is 206 Å². The van der Waals surface area contributed by atoms with Gasteiger partial charge in [0.05, 0.1) is 19.8 Å². The van der Waals surface area contributed by atoms with Crippen molar-refractivity contribution >= 4 is 13.8 Å². The van der Waals surface area contributed by atoms with Crippen LogP contribution in [0.2, 0.25) is 0 Å². The van der Waals surface area contributed by atoms with Gasteiger partial charge < -0.3 is 20.1 Å². The van der Waals surface area contributed by atoms with Gasteiger partial charge in [-0.25, -0.2) is 4.57 Å². The van der Waals surface area contributed by atoms with Gasteiger partial charge in [-0.15, -0.1) is 0 Å². The zero-order valence-electron chi connectivity index (χ0n) is 36.4. The molecule has 2 atom stereocenters. The van der Waals surface area contributed by atoms with Gasteiger partial charge in [-0.05, 0) is 38.5 Å². The number of ether oxygens (including phenoxy) is 2. The van der Waals surface area contributed by atoms with Crippen LogP contribution in [-0.4, -0.2) is 49.9 Å². The van der Waals surface area contributed by atoms with Gasteiger partial charge in [0.15, 0.2) is 0 Å². The smallest absolute Gasteiger partial charge is 0.457 e. The van der Waals surface area contributed by atoms with Crippen LogP contribution in [0.5, 0.6) is 0 Å². The Balaban J connectivity index is 3.95. The maximum absolute atomic E-state index is 12.6. The highest BCUT2D eigenvalue weighted by molar-refractivity contribution is 7.47. The van der Waals surface area contributed by atoms with Crippen molar-refractivity contribution in [2.75, 3.05) is 33.0 Å². The highest BCUT2D eigenvalue weighted by atomic mass is 31.2. The standard InChI is InChI=1S/C46H92NO7P/c1-3-5-7-9-11-13-15-17-19-21-22-24-26-28-30-32-34-36-38-41-51-43-45(44-53-55(49,50)52-42-40-47)54-46(48)39-37-35-33-31-29-27-25-23-20-18-16-14-12-10-8-6-4-2/h18,20,45H,3-17,19,21-44,47H2,1-2H3,(H,49,50)/b20-18-. The van der Waals surface area contributed by atoms with Crippen LogP contribution in [-0.2, 0) is 27.9 Å². The van der Waals surface area contributed by atoms with Crippen LogP contribution in [0.3, 0.4) is 0 Å². The fourth-order valence-corrected chi connectivity index (χ4v) is 7.70. The second-order valence-corrected chi connectivity index (χ2v) is 17.4. The SMILES string of the molecule is CCCCCCCC/C=C\CCCCCCCCCC(=O)OC(COCCCCCCCCCCCCCCCCCCCCC)COP(=O)(O)OCCN. The molecule has 0 spiro atoms. The number of esters is 1. The number of hydrogen-bond acceptors (Lipinski definition) is 7. The predicted octanol–water partition coefficient (Wildman–Crippen LogP) is 14.3. The lowest BCUT2D eigenvalue weighted by atomic mass is 10.0. The van der Waals surface area contributed by atoms with Gasteiger partial charge >= 0.3 is 13.8 Å². The molecule has 0 aliphatic rings. The fraction of sp³-hybridized carbons (Fsp3) is 0.935. The zero-order valence-corrected chi connectivity index (χ0v) is 37.3. The molecule has 328 valence electrons. The van der Waals surface area contributed by atoms with E-state index in [0.29, 0.717) is 13.0 Å². The van der Waals surface area contributed by atoms with Crippen molar-refractivity contribution in [2.24, 2.45) is 5.73 Å². The Bertz CT molecular complexity index is 858. The van der Waals surface area contributed by atoms with Crippen molar-refractivity contribution in [2.45, 2.75) is 245 Å². The summed E-state index contributed by atoms with van der Waals surface area (Å²) in [6.45, 7) is 4.97. The van der Waals surface area contributed by atoms with E-state index in [9.17, 15) is 14.3 Å². The van der Waals surface area contributed by atoms with E-state index in [2.05, 4.69) is 26.0 Å². The Morgan fingerprint density at radius 3 is 1.33 bits per heavy atom. The number of rotatable bonds is 46. The van der Waals surface area contributed by atoms with Gasteiger partial charge in [0.25, 0.3) is 0 Å². The molecule has 9 heteroatoms. The summed E-state index contributed by atoms with van der Waals surface area (Å²) in [5.74, 6) is -0.330. The van der Waals surface area contributed by atoms with E-state index < -0.39 is 13.9 Å². The molecule has 55 heavy (non-hydrogen) atoms. The quantitative estimate of drug-likeness (QED) is 0.0270. The van der Waals surface area contributed by atoms with Gasteiger partial charge in [-0.3, -0.25) is 13.8 Å². The average Bonchev–Trinajstić information content (AvgIpc) is 3.17. The van der Waals surface area contributed by atoms with Crippen molar-refractivity contribution in [1.29, 1.82) is 0 Å². The second kappa shape index (κ2) is 44.3. The first-order chi connectivity index (χ1) is 26.9. The van der Waals surface area contributed by atoms with Crippen LogP contribution >= 0.6 is 7.82 Å². The minimum atomic E-state index is -4.27. The number of phosphoric acid groups is 1. The van der Waals surface area contributed by atoms with E-state index in [0.717, 1.165) is 32.1 Å². The Morgan fingerprint density at radius 2 is 0.909 bits per heavy atom. The molecule has 0 amide bonds. The molecular formula is C46H92NO7P. The number of hydrogen-bond donors (Lipinski definition) is 2. The third-order valence-corrected chi connectivity index (χ3v) is 11.4. The summed E-state index contributed by atoms with van der Waals surface area (Å²) in [6, 6.07) is 0. The minimum absolute atomic E-state index is 0.0928. The maximum Gasteiger partial charge on any atom is 0.472 e. The first kappa shape index (κ1) is 54.2. The number of unbranched alkanes of at least 4 members (excludes halogenated alkanes) is 31. The van der Waals surface area contributed by atoms with Crippen LogP contribution in [0.25, 0.3) is 0 Å². The van der Waals surface area contributed by atoms with Crippen LogP contribution in [0.15, 0.2) is 12.2 Å². The number of allylic oxidation sites excluding steroid dienone is 2. The minimum Gasteiger partial charge on any atom is -0.457 e. The molecule has 3 N–H and O–H groups in total. The predicted molar refractivity (Wildman–Crippen MR) is 234 cm³/mol. The Labute approximate surface area is 341 Å². The zero-order chi connectivity index (χ0) is 40.2. The number of carbonyl (C=O) groups is 1. The van der Waals surface area contributed by atoms with E-state index >= 15 is 0 Å². The lowest BCUT2D eigenvalue weighted by molar-refractivity contribution is -0.154. The molecule has 0 heterocycles. The molecule has 2 unspecified atom stereocenters. The number of phosphoric ester groups is 1. The molecule has 0 aliphatic heterocycles. The molecule has 0 rings (SSSR count). The maximum atomic E-state index is 12.6. The third kappa shape index (κ3) is 44.2. The van der Waals surface area contributed by atoms with Crippen LogP contribution in [0.1, 0.15) is 239 Å². The number of carbonyl (C=O) groups excluding carboxylic acids is 1. The van der Waals surface area contributed by atoms with Crippen molar-refractivity contribution in [1.82, 2.24) is 0 Å². The monoisotopic (exact) mass is 802 g/mol. The summed E-state index contributed by atoms with van der Waals surface area (Å²) >= 11 is 0. The van der Waals surface area contributed by atoms with Gasteiger partial charge in [-0.2, -0.15) is 0 Å². The van der Waals surface area contributed by atoms with Crippen molar-refractivity contribution in [3.8, 4) is 0 Å². The Morgan fingerprint density at radius 1 is 0.527 bits per heavy atom. The topological polar surface area (TPSA) is 117 Å². The molecule has 0 fully saturated rings.